The molecule has 20 heavy (non-hydrogen) atoms. The Hall–Kier alpha value is -0.630. The van der Waals surface area contributed by atoms with Gasteiger partial charge in [0.2, 0.25) is 10.0 Å². The van der Waals surface area contributed by atoms with Crippen LogP contribution in [0, 0.1) is 6.92 Å². The van der Waals surface area contributed by atoms with Crippen molar-refractivity contribution < 1.29 is 8.42 Å². The summed E-state index contributed by atoms with van der Waals surface area (Å²) < 4.78 is 27.2. The molecule has 7 heteroatoms. The molecular formula is C13H20N2O2S3. The first kappa shape index (κ1) is 17.4. The highest BCUT2D eigenvalue weighted by atomic mass is 32.2. The molecule has 0 aliphatic carbocycles. The summed E-state index contributed by atoms with van der Waals surface area (Å²) in [6.07, 6.45) is 1.95. The highest BCUT2D eigenvalue weighted by Gasteiger charge is 2.23. The average molecular weight is 333 g/mol. The molecule has 0 radical (unpaired) electrons. The SMILES string of the molecule is CSC(C)(C)CNS(=O)(=O)c1cc(C(N)=S)ccc1C. The summed E-state index contributed by atoms with van der Waals surface area (Å²) in [4.78, 5) is 0.408. The molecule has 0 saturated heterocycles. The number of thiocarbonyl (C=S) groups is 1. The van der Waals surface area contributed by atoms with Crippen molar-refractivity contribution in [2.75, 3.05) is 12.8 Å². The lowest BCUT2D eigenvalue weighted by Gasteiger charge is -2.22. The number of nitrogens with one attached hydrogen (secondary N) is 1. The third-order valence-corrected chi connectivity index (χ3v) is 6.03. The number of hydrogen-bond donors (Lipinski definition) is 2. The zero-order valence-corrected chi connectivity index (χ0v) is 14.5. The van der Waals surface area contributed by atoms with Crippen molar-refractivity contribution in [3.8, 4) is 0 Å². The molecular weight excluding hydrogens is 312 g/mol. The van der Waals surface area contributed by atoms with E-state index in [0.29, 0.717) is 17.7 Å². The summed E-state index contributed by atoms with van der Waals surface area (Å²) in [6.45, 7) is 6.07. The molecule has 0 heterocycles. The van der Waals surface area contributed by atoms with Crippen LogP contribution in [-0.4, -0.2) is 31.0 Å². The maximum atomic E-state index is 12.4. The van der Waals surface area contributed by atoms with E-state index in [1.165, 1.54) is 6.07 Å². The second kappa shape index (κ2) is 6.43. The zero-order chi connectivity index (χ0) is 15.6. The number of rotatable bonds is 6. The van der Waals surface area contributed by atoms with Gasteiger partial charge in [-0.3, -0.25) is 0 Å². The molecule has 1 aromatic rings. The van der Waals surface area contributed by atoms with E-state index in [9.17, 15) is 8.42 Å². The average Bonchev–Trinajstić information content (AvgIpc) is 2.37. The highest BCUT2D eigenvalue weighted by molar-refractivity contribution is 8.00. The van der Waals surface area contributed by atoms with E-state index in [2.05, 4.69) is 4.72 Å². The maximum absolute atomic E-state index is 12.4. The highest BCUT2D eigenvalue weighted by Crippen LogP contribution is 2.22. The monoisotopic (exact) mass is 332 g/mol. The topological polar surface area (TPSA) is 72.2 Å². The first-order valence-corrected chi connectivity index (χ1v) is 9.16. The lowest BCUT2D eigenvalue weighted by molar-refractivity contribution is 0.570. The molecule has 3 N–H and O–H groups in total. The minimum Gasteiger partial charge on any atom is -0.389 e. The van der Waals surface area contributed by atoms with Gasteiger partial charge in [0.15, 0.2) is 0 Å². The molecule has 0 atom stereocenters. The molecule has 0 spiro atoms. The summed E-state index contributed by atoms with van der Waals surface area (Å²) in [5, 5.41) is 0. The number of benzene rings is 1. The van der Waals surface area contributed by atoms with E-state index in [1.807, 2.05) is 20.1 Å². The van der Waals surface area contributed by atoms with Crippen LogP contribution in [0.15, 0.2) is 23.1 Å². The van der Waals surface area contributed by atoms with E-state index >= 15 is 0 Å². The van der Waals surface area contributed by atoms with E-state index in [0.717, 1.165) is 0 Å². The lowest BCUT2D eigenvalue weighted by atomic mass is 10.1. The summed E-state index contributed by atoms with van der Waals surface area (Å²) >= 11 is 6.50. The van der Waals surface area contributed by atoms with Crippen molar-refractivity contribution in [2.24, 2.45) is 5.73 Å². The van der Waals surface area contributed by atoms with E-state index < -0.39 is 10.0 Å². The van der Waals surface area contributed by atoms with Crippen LogP contribution in [0.2, 0.25) is 0 Å². The van der Waals surface area contributed by atoms with Crippen molar-refractivity contribution in [1.29, 1.82) is 0 Å². The van der Waals surface area contributed by atoms with Crippen LogP contribution in [0.1, 0.15) is 25.0 Å². The third kappa shape index (κ3) is 4.44. The van der Waals surface area contributed by atoms with Gasteiger partial charge in [-0.15, -0.1) is 0 Å². The fourth-order valence-corrected chi connectivity index (χ4v) is 3.38. The molecule has 112 valence electrons. The normalized spacial score (nSPS) is 12.4. The third-order valence-electron chi connectivity index (χ3n) is 3.00. The molecule has 1 rings (SSSR count). The Labute approximate surface area is 130 Å². The lowest BCUT2D eigenvalue weighted by Crippen LogP contribution is -2.36. The number of hydrogen-bond acceptors (Lipinski definition) is 4. The van der Waals surface area contributed by atoms with Crippen LogP contribution in [-0.2, 0) is 10.0 Å². The van der Waals surface area contributed by atoms with Crippen LogP contribution in [0.5, 0.6) is 0 Å². The Kier molecular flexibility index (Phi) is 5.60. The van der Waals surface area contributed by atoms with Crippen molar-refractivity contribution in [1.82, 2.24) is 4.72 Å². The van der Waals surface area contributed by atoms with Gasteiger partial charge < -0.3 is 5.73 Å². The van der Waals surface area contributed by atoms with Crippen LogP contribution in [0.3, 0.4) is 0 Å². The van der Waals surface area contributed by atoms with Crippen molar-refractivity contribution in [2.45, 2.75) is 30.4 Å². The van der Waals surface area contributed by atoms with E-state index in [4.69, 9.17) is 18.0 Å². The molecule has 0 saturated carbocycles. The molecule has 0 bridgehead atoms. The van der Waals surface area contributed by atoms with E-state index in [-0.39, 0.29) is 14.6 Å². The van der Waals surface area contributed by atoms with Gasteiger partial charge in [-0.05, 0) is 38.7 Å². The molecule has 0 fully saturated rings. The van der Waals surface area contributed by atoms with Crippen LogP contribution >= 0.6 is 24.0 Å². The Bertz CT molecular complexity index is 610. The number of sulfonamides is 1. The Morgan fingerprint density at radius 1 is 1.45 bits per heavy atom. The smallest absolute Gasteiger partial charge is 0.240 e. The summed E-state index contributed by atoms with van der Waals surface area (Å²) in [5.41, 5.74) is 6.77. The zero-order valence-electron chi connectivity index (χ0n) is 12.1. The summed E-state index contributed by atoms with van der Waals surface area (Å²) in [7, 11) is -3.57. The molecule has 0 aromatic heterocycles. The molecule has 1 aromatic carbocycles. The minimum absolute atomic E-state index is 0.165. The minimum atomic E-state index is -3.57. The number of thioether (sulfide) groups is 1. The fraction of sp³-hybridized carbons (Fsp3) is 0.462. The largest absolute Gasteiger partial charge is 0.389 e. The standard InChI is InChI=1S/C13H20N2O2S3/c1-9-5-6-10(12(14)18)7-11(9)20(16,17)15-8-13(2,3)19-4/h5-7,15H,8H2,1-4H3,(H2,14,18). The van der Waals surface area contributed by atoms with Gasteiger partial charge in [-0.1, -0.05) is 24.4 Å². The van der Waals surface area contributed by atoms with E-state index in [1.54, 1.807) is 30.8 Å². The molecule has 4 nitrogen and oxygen atoms in total. The van der Waals surface area contributed by atoms with Gasteiger partial charge in [-0.2, -0.15) is 11.8 Å². The molecule has 0 amide bonds. The Balaban J connectivity index is 3.09. The van der Waals surface area contributed by atoms with Crippen molar-refractivity contribution in [3.63, 3.8) is 0 Å². The van der Waals surface area contributed by atoms with Crippen LogP contribution < -0.4 is 10.5 Å². The quantitative estimate of drug-likeness (QED) is 0.780. The van der Waals surface area contributed by atoms with Crippen molar-refractivity contribution >= 4 is 39.0 Å². The molecule has 0 unspecified atom stereocenters. The summed E-state index contributed by atoms with van der Waals surface area (Å²) in [5.74, 6) is 0. The Morgan fingerprint density at radius 3 is 2.55 bits per heavy atom. The fourth-order valence-electron chi connectivity index (χ4n) is 1.46. The predicted octanol–water partition coefficient (Wildman–Crippen LogP) is 2.05. The first-order valence-electron chi connectivity index (χ1n) is 6.04. The second-order valence-electron chi connectivity index (χ2n) is 5.13. The van der Waals surface area contributed by atoms with Crippen molar-refractivity contribution in [3.05, 3.63) is 29.3 Å². The van der Waals surface area contributed by atoms with Gasteiger partial charge in [-0.25, -0.2) is 13.1 Å². The first-order chi connectivity index (χ1) is 9.09. The maximum Gasteiger partial charge on any atom is 0.240 e. The second-order valence-corrected chi connectivity index (χ2v) is 8.82. The van der Waals surface area contributed by atoms with Gasteiger partial charge in [0.1, 0.15) is 4.99 Å². The van der Waals surface area contributed by atoms with Gasteiger partial charge in [0.05, 0.1) is 4.90 Å². The molecule has 0 aliphatic heterocycles. The Morgan fingerprint density at radius 2 is 2.05 bits per heavy atom. The number of nitrogens with two attached hydrogens (primary N) is 1. The number of aryl methyl sites for hydroxylation is 1. The summed E-state index contributed by atoms with van der Waals surface area (Å²) in [6, 6.07) is 4.96. The van der Waals surface area contributed by atoms with Crippen LogP contribution in [0.4, 0.5) is 0 Å². The molecule has 0 aliphatic rings. The van der Waals surface area contributed by atoms with Gasteiger partial charge >= 0.3 is 0 Å². The van der Waals surface area contributed by atoms with Gasteiger partial charge in [0.25, 0.3) is 0 Å². The predicted molar refractivity (Wildman–Crippen MR) is 89.8 cm³/mol. The van der Waals surface area contributed by atoms with Gasteiger partial charge in [0, 0.05) is 16.9 Å². The van der Waals surface area contributed by atoms with Crippen LogP contribution in [0.25, 0.3) is 0 Å².